The molecule has 0 fully saturated rings. The standard InChI is InChI=1S/C20H17N3O6/c1-27-15-8-4-7-13(19(15)28-2)14-10-16(24)29-20-17(14)18(21-22-20)11-5-3-6-12(9-11)23(25)26/h3-9,14H,10H2,1-2H3,(H,21,22)/t14-/m0/s1. The van der Waals surface area contributed by atoms with Gasteiger partial charge in [0.15, 0.2) is 11.5 Å². The Bertz CT molecular complexity index is 1110. The van der Waals surface area contributed by atoms with Gasteiger partial charge in [0.25, 0.3) is 5.69 Å². The third-order valence-corrected chi connectivity index (χ3v) is 4.85. The summed E-state index contributed by atoms with van der Waals surface area (Å²) in [6.45, 7) is 0. The molecule has 1 aromatic heterocycles. The molecular formula is C20H17N3O6. The molecule has 9 nitrogen and oxygen atoms in total. The van der Waals surface area contributed by atoms with Crippen molar-refractivity contribution < 1.29 is 23.9 Å². The molecule has 29 heavy (non-hydrogen) atoms. The van der Waals surface area contributed by atoms with Gasteiger partial charge in [0.05, 0.1) is 36.8 Å². The molecular weight excluding hydrogens is 378 g/mol. The van der Waals surface area contributed by atoms with Crippen LogP contribution in [0.4, 0.5) is 5.69 Å². The van der Waals surface area contributed by atoms with Crippen LogP contribution in [0.15, 0.2) is 42.5 Å². The van der Waals surface area contributed by atoms with Gasteiger partial charge in [-0.1, -0.05) is 24.3 Å². The maximum Gasteiger partial charge on any atom is 0.313 e. The predicted molar refractivity (Wildman–Crippen MR) is 102 cm³/mol. The lowest BCUT2D eigenvalue weighted by Gasteiger charge is -2.24. The minimum absolute atomic E-state index is 0.0471. The van der Waals surface area contributed by atoms with Gasteiger partial charge in [-0.15, -0.1) is 5.10 Å². The Hall–Kier alpha value is -3.88. The number of fused-ring (bicyclic) bond motifs is 1. The number of ether oxygens (including phenoxy) is 3. The smallest absolute Gasteiger partial charge is 0.313 e. The molecule has 0 spiro atoms. The quantitative estimate of drug-likeness (QED) is 0.399. The molecule has 0 saturated carbocycles. The molecule has 3 aromatic rings. The van der Waals surface area contributed by atoms with Gasteiger partial charge in [-0.05, 0) is 6.07 Å². The van der Waals surface area contributed by atoms with Crippen LogP contribution in [0.1, 0.15) is 23.5 Å². The number of para-hydroxylation sites is 1. The molecule has 1 aliphatic rings. The summed E-state index contributed by atoms with van der Waals surface area (Å²) in [6.07, 6.45) is 0.0674. The fourth-order valence-corrected chi connectivity index (χ4v) is 3.60. The third kappa shape index (κ3) is 3.16. The molecule has 0 bridgehead atoms. The minimum atomic E-state index is -0.463. The summed E-state index contributed by atoms with van der Waals surface area (Å²) >= 11 is 0. The second kappa shape index (κ2) is 7.27. The monoisotopic (exact) mass is 395 g/mol. The molecule has 9 heteroatoms. The summed E-state index contributed by atoms with van der Waals surface area (Å²) in [7, 11) is 3.06. The van der Waals surface area contributed by atoms with Crippen molar-refractivity contribution in [1.29, 1.82) is 0 Å². The highest BCUT2D eigenvalue weighted by Crippen LogP contribution is 2.47. The van der Waals surface area contributed by atoms with Crippen molar-refractivity contribution >= 4 is 11.7 Å². The first-order valence-electron chi connectivity index (χ1n) is 8.78. The van der Waals surface area contributed by atoms with Crippen LogP contribution in [0.5, 0.6) is 17.4 Å². The van der Waals surface area contributed by atoms with E-state index in [1.54, 1.807) is 18.2 Å². The zero-order valence-electron chi connectivity index (χ0n) is 15.7. The van der Waals surface area contributed by atoms with Crippen LogP contribution in [0.25, 0.3) is 11.3 Å². The van der Waals surface area contributed by atoms with Crippen LogP contribution in [0, 0.1) is 10.1 Å². The fraction of sp³-hybridized carbons (Fsp3) is 0.200. The minimum Gasteiger partial charge on any atom is -0.493 e. The Kier molecular flexibility index (Phi) is 4.63. The third-order valence-electron chi connectivity index (χ3n) is 4.85. The number of aromatic nitrogens is 2. The SMILES string of the molecule is COc1cccc([C@@H]2CC(=O)Oc3n[nH]c(-c4cccc([N+](=O)[O-])c4)c32)c1OC. The molecule has 0 unspecified atom stereocenters. The number of non-ortho nitro benzene ring substituents is 1. The normalized spacial score (nSPS) is 15.4. The van der Waals surface area contributed by atoms with Gasteiger partial charge in [-0.3, -0.25) is 20.0 Å². The molecule has 1 N–H and O–H groups in total. The van der Waals surface area contributed by atoms with E-state index in [1.165, 1.54) is 26.4 Å². The van der Waals surface area contributed by atoms with Crippen molar-refractivity contribution in [3.8, 4) is 28.6 Å². The number of rotatable bonds is 5. The van der Waals surface area contributed by atoms with Gasteiger partial charge >= 0.3 is 5.97 Å². The maximum absolute atomic E-state index is 12.2. The van der Waals surface area contributed by atoms with Crippen molar-refractivity contribution in [3.63, 3.8) is 0 Å². The van der Waals surface area contributed by atoms with E-state index in [9.17, 15) is 14.9 Å². The number of hydrogen-bond donors (Lipinski definition) is 1. The molecule has 1 aliphatic heterocycles. The first-order chi connectivity index (χ1) is 14.0. The lowest BCUT2D eigenvalue weighted by Crippen LogP contribution is -2.21. The number of methoxy groups -OCH3 is 2. The average molecular weight is 395 g/mol. The van der Waals surface area contributed by atoms with Crippen LogP contribution in [-0.2, 0) is 4.79 Å². The Morgan fingerprint density at radius 1 is 1.21 bits per heavy atom. The van der Waals surface area contributed by atoms with E-state index in [-0.39, 0.29) is 18.0 Å². The number of esters is 1. The van der Waals surface area contributed by atoms with Gasteiger partial charge in [-0.25, -0.2) is 0 Å². The number of nitro benzene ring substituents is 1. The second-order valence-electron chi connectivity index (χ2n) is 6.44. The average Bonchev–Trinajstić information content (AvgIpc) is 3.16. The Labute approximate surface area is 165 Å². The lowest BCUT2D eigenvalue weighted by molar-refractivity contribution is -0.384. The number of nitrogens with one attached hydrogen (secondary N) is 1. The van der Waals surface area contributed by atoms with Gasteiger partial charge in [0.2, 0.25) is 5.88 Å². The van der Waals surface area contributed by atoms with E-state index in [4.69, 9.17) is 14.2 Å². The largest absolute Gasteiger partial charge is 0.493 e. The van der Waals surface area contributed by atoms with Gasteiger partial charge in [0.1, 0.15) is 0 Å². The molecule has 0 aliphatic carbocycles. The van der Waals surface area contributed by atoms with Gasteiger partial charge in [-0.2, -0.15) is 0 Å². The van der Waals surface area contributed by atoms with Gasteiger partial charge in [0, 0.05) is 29.2 Å². The number of nitro groups is 1. The van der Waals surface area contributed by atoms with Crippen LogP contribution < -0.4 is 14.2 Å². The first-order valence-corrected chi connectivity index (χ1v) is 8.78. The first kappa shape index (κ1) is 18.5. The number of hydrogen-bond acceptors (Lipinski definition) is 7. The van der Waals surface area contributed by atoms with Crippen LogP contribution >= 0.6 is 0 Å². The molecule has 0 amide bonds. The number of carbonyl (C=O) groups excluding carboxylic acids is 1. The predicted octanol–water partition coefficient (Wildman–Crippen LogP) is 3.44. The molecule has 4 rings (SSSR count). The summed E-state index contributed by atoms with van der Waals surface area (Å²) < 4.78 is 16.2. The zero-order chi connectivity index (χ0) is 20.5. The van der Waals surface area contributed by atoms with Crippen molar-refractivity contribution in [3.05, 3.63) is 63.7 Å². The van der Waals surface area contributed by atoms with Crippen molar-refractivity contribution in [1.82, 2.24) is 10.2 Å². The summed E-state index contributed by atoms with van der Waals surface area (Å²) in [5.41, 5.74) is 2.44. The highest BCUT2D eigenvalue weighted by molar-refractivity contribution is 5.81. The van der Waals surface area contributed by atoms with Crippen LogP contribution in [0.3, 0.4) is 0 Å². The Morgan fingerprint density at radius 2 is 2.00 bits per heavy atom. The number of nitrogens with zero attached hydrogens (tertiary/aromatic N) is 2. The highest BCUT2D eigenvalue weighted by Gasteiger charge is 2.36. The summed E-state index contributed by atoms with van der Waals surface area (Å²) in [5.74, 6) is 0.337. The van der Waals surface area contributed by atoms with Crippen LogP contribution in [0.2, 0.25) is 0 Å². The molecule has 2 aromatic carbocycles. The topological polar surface area (TPSA) is 117 Å². The Balaban J connectivity index is 1.90. The molecule has 148 valence electrons. The lowest BCUT2D eigenvalue weighted by atomic mass is 9.85. The maximum atomic E-state index is 12.2. The van der Waals surface area contributed by atoms with E-state index in [0.29, 0.717) is 28.3 Å². The van der Waals surface area contributed by atoms with E-state index < -0.39 is 16.8 Å². The number of carbonyl (C=O) groups is 1. The van der Waals surface area contributed by atoms with Crippen molar-refractivity contribution in [2.45, 2.75) is 12.3 Å². The molecule has 0 saturated heterocycles. The number of aromatic amines is 1. The summed E-state index contributed by atoms with van der Waals surface area (Å²) in [5, 5.41) is 18.2. The van der Waals surface area contributed by atoms with Crippen molar-refractivity contribution in [2.24, 2.45) is 0 Å². The van der Waals surface area contributed by atoms with E-state index in [1.807, 2.05) is 12.1 Å². The van der Waals surface area contributed by atoms with Crippen LogP contribution in [-0.4, -0.2) is 35.3 Å². The number of H-pyrrole nitrogens is 1. The fourth-order valence-electron chi connectivity index (χ4n) is 3.60. The van der Waals surface area contributed by atoms with E-state index >= 15 is 0 Å². The molecule has 0 radical (unpaired) electrons. The summed E-state index contributed by atoms with van der Waals surface area (Å²) in [4.78, 5) is 22.9. The summed E-state index contributed by atoms with van der Waals surface area (Å²) in [6, 6.07) is 11.6. The zero-order valence-corrected chi connectivity index (χ0v) is 15.7. The highest BCUT2D eigenvalue weighted by atomic mass is 16.6. The van der Waals surface area contributed by atoms with E-state index in [0.717, 1.165) is 5.56 Å². The second-order valence-corrected chi connectivity index (χ2v) is 6.44. The van der Waals surface area contributed by atoms with Crippen molar-refractivity contribution in [2.75, 3.05) is 14.2 Å². The number of benzene rings is 2. The van der Waals surface area contributed by atoms with E-state index in [2.05, 4.69) is 10.2 Å². The molecule has 1 atom stereocenters. The molecule has 2 heterocycles. The Morgan fingerprint density at radius 3 is 2.72 bits per heavy atom. The van der Waals surface area contributed by atoms with Gasteiger partial charge < -0.3 is 14.2 Å².